The maximum Gasteiger partial charge on any atom is 0.306 e. The molecule has 0 aromatic carbocycles. The summed E-state index contributed by atoms with van der Waals surface area (Å²) < 4.78 is 5.32. The second kappa shape index (κ2) is 14.7. The van der Waals surface area contributed by atoms with Gasteiger partial charge in [0.15, 0.2) is 0 Å². The molecule has 3 nitrogen and oxygen atoms in total. The molecule has 0 bridgehead atoms. The van der Waals surface area contributed by atoms with Gasteiger partial charge in [-0.05, 0) is 31.8 Å². The molecule has 0 radical (unpaired) electrons. The normalized spacial score (nSPS) is 23.7. The van der Waals surface area contributed by atoms with Gasteiger partial charge in [-0.3, -0.25) is 4.79 Å². The molecule has 0 aromatic heterocycles. The Bertz CT molecular complexity index is 460. The van der Waals surface area contributed by atoms with E-state index < -0.39 is 12.2 Å². The van der Waals surface area contributed by atoms with Crippen LogP contribution in [0.1, 0.15) is 71.1 Å². The van der Waals surface area contributed by atoms with E-state index >= 15 is 0 Å². The Morgan fingerprint density at radius 1 is 1.08 bits per heavy atom. The van der Waals surface area contributed by atoms with Gasteiger partial charge in [0.2, 0.25) is 0 Å². The summed E-state index contributed by atoms with van der Waals surface area (Å²) in [6, 6.07) is 0. The Hall–Kier alpha value is -1.61. The zero-order valence-corrected chi connectivity index (χ0v) is 15.6. The largest absolute Gasteiger partial charge is 0.455 e. The van der Waals surface area contributed by atoms with Gasteiger partial charge in [0.25, 0.3) is 0 Å². The van der Waals surface area contributed by atoms with E-state index in [0.29, 0.717) is 19.3 Å². The summed E-state index contributed by atoms with van der Waals surface area (Å²) in [4.78, 5) is 11.6. The molecule has 0 aliphatic carbocycles. The number of ether oxygens (including phenoxy) is 1. The van der Waals surface area contributed by atoms with Gasteiger partial charge >= 0.3 is 5.97 Å². The summed E-state index contributed by atoms with van der Waals surface area (Å²) in [7, 11) is 0. The minimum Gasteiger partial charge on any atom is -0.455 e. The second-order valence-corrected chi connectivity index (χ2v) is 6.52. The number of aliphatic hydroxyl groups is 1. The van der Waals surface area contributed by atoms with Crippen LogP contribution < -0.4 is 0 Å². The summed E-state index contributed by atoms with van der Waals surface area (Å²) in [5.74, 6) is -0.261. The number of hydrogen-bond donors (Lipinski definition) is 1. The zero-order chi connectivity index (χ0) is 18.2. The number of carbonyl (C=O) groups is 1. The molecular formula is C22H34O3. The molecule has 1 aliphatic heterocycles. The zero-order valence-electron chi connectivity index (χ0n) is 15.6. The Morgan fingerprint density at radius 2 is 1.84 bits per heavy atom. The van der Waals surface area contributed by atoms with Crippen molar-refractivity contribution in [2.24, 2.45) is 0 Å². The van der Waals surface area contributed by atoms with E-state index in [4.69, 9.17) is 4.74 Å². The molecule has 1 aliphatic rings. The molecule has 0 unspecified atom stereocenters. The van der Waals surface area contributed by atoms with Crippen molar-refractivity contribution in [3.8, 4) is 0 Å². The van der Waals surface area contributed by atoms with Crippen molar-refractivity contribution in [3.63, 3.8) is 0 Å². The summed E-state index contributed by atoms with van der Waals surface area (Å²) in [5, 5.41) is 10.1. The van der Waals surface area contributed by atoms with E-state index in [0.717, 1.165) is 6.42 Å². The Labute approximate surface area is 153 Å². The highest BCUT2D eigenvalue weighted by Gasteiger charge is 2.20. The topological polar surface area (TPSA) is 46.5 Å². The number of carbonyl (C=O) groups excluding carboxylic acids is 1. The fourth-order valence-corrected chi connectivity index (χ4v) is 2.66. The van der Waals surface area contributed by atoms with E-state index in [2.05, 4.69) is 13.0 Å². The van der Waals surface area contributed by atoms with E-state index in [1.165, 1.54) is 38.5 Å². The lowest BCUT2D eigenvalue weighted by molar-refractivity contribution is -0.151. The third kappa shape index (κ3) is 11.5. The smallest absolute Gasteiger partial charge is 0.306 e. The van der Waals surface area contributed by atoms with Crippen molar-refractivity contribution in [2.45, 2.75) is 83.3 Å². The minimum atomic E-state index is -0.689. The predicted octanol–water partition coefficient (Wildman–Crippen LogP) is 5.42. The van der Waals surface area contributed by atoms with Crippen LogP contribution in [-0.4, -0.2) is 23.3 Å². The lowest BCUT2D eigenvalue weighted by Gasteiger charge is -2.18. The van der Waals surface area contributed by atoms with Gasteiger partial charge in [-0.1, -0.05) is 81.6 Å². The molecule has 140 valence electrons. The van der Waals surface area contributed by atoms with Gasteiger partial charge < -0.3 is 9.84 Å². The number of cyclic esters (lactones) is 1. The third-order valence-electron chi connectivity index (χ3n) is 4.20. The van der Waals surface area contributed by atoms with Crippen molar-refractivity contribution < 1.29 is 14.6 Å². The summed E-state index contributed by atoms with van der Waals surface area (Å²) in [6.45, 7) is 2.24. The number of unbranched alkanes of at least 4 members (excludes halogenated alkanes) is 6. The Balaban J connectivity index is 2.25. The third-order valence-corrected chi connectivity index (χ3v) is 4.20. The van der Waals surface area contributed by atoms with Crippen LogP contribution in [0.2, 0.25) is 0 Å². The van der Waals surface area contributed by atoms with Crippen molar-refractivity contribution in [3.05, 3.63) is 48.6 Å². The average Bonchev–Trinajstić information content (AvgIpc) is 2.67. The van der Waals surface area contributed by atoms with Crippen LogP contribution in [0.5, 0.6) is 0 Å². The molecule has 0 amide bonds. The van der Waals surface area contributed by atoms with E-state index in [-0.39, 0.29) is 5.97 Å². The molecule has 1 N–H and O–H groups in total. The highest BCUT2D eigenvalue weighted by Crippen LogP contribution is 2.12. The van der Waals surface area contributed by atoms with E-state index in [1.54, 1.807) is 6.08 Å². The fraction of sp³-hybridized carbons (Fsp3) is 0.591. The minimum absolute atomic E-state index is 0.261. The van der Waals surface area contributed by atoms with E-state index in [1.807, 2.05) is 36.5 Å². The molecule has 25 heavy (non-hydrogen) atoms. The maximum absolute atomic E-state index is 11.6. The van der Waals surface area contributed by atoms with Crippen LogP contribution in [-0.2, 0) is 9.53 Å². The predicted molar refractivity (Wildman–Crippen MR) is 104 cm³/mol. The molecule has 0 saturated heterocycles. The van der Waals surface area contributed by atoms with Crippen LogP contribution in [0.15, 0.2) is 48.6 Å². The first-order valence-electron chi connectivity index (χ1n) is 9.76. The van der Waals surface area contributed by atoms with Crippen molar-refractivity contribution in [1.82, 2.24) is 0 Å². The van der Waals surface area contributed by atoms with Crippen LogP contribution in [0.3, 0.4) is 0 Å². The van der Waals surface area contributed by atoms with Crippen molar-refractivity contribution in [2.75, 3.05) is 0 Å². The lowest BCUT2D eigenvalue weighted by Crippen LogP contribution is -2.28. The van der Waals surface area contributed by atoms with Crippen LogP contribution in [0.4, 0.5) is 0 Å². The molecule has 0 saturated carbocycles. The summed E-state index contributed by atoms with van der Waals surface area (Å²) in [5.41, 5.74) is 0. The highest BCUT2D eigenvalue weighted by molar-refractivity contribution is 5.70. The van der Waals surface area contributed by atoms with Gasteiger partial charge in [0.1, 0.15) is 6.10 Å². The molecule has 1 heterocycles. The Morgan fingerprint density at radius 3 is 2.68 bits per heavy atom. The molecule has 1 rings (SSSR count). The number of hydrogen-bond acceptors (Lipinski definition) is 3. The van der Waals surface area contributed by atoms with Crippen molar-refractivity contribution in [1.29, 1.82) is 0 Å². The molecule has 3 heteroatoms. The van der Waals surface area contributed by atoms with Gasteiger partial charge in [-0.25, -0.2) is 0 Å². The molecule has 2 atom stereocenters. The lowest BCUT2D eigenvalue weighted by atomic mass is 10.1. The van der Waals surface area contributed by atoms with Crippen LogP contribution >= 0.6 is 0 Å². The van der Waals surface area contributed by atoms with Crippen molar-refractivity contribution >= 4 is 5.97 Å². The molecule has 0 aromatic rings. The number of esters is 1. The van der Waals surface area contributed by atoms with Gasteiger partial charge in [-0.15, -0.1) is 0 Å². The SMILES string of the molecule is CCCCCCCC\C=C/C=C\C=C\[C@@H]1OC(=O)CC/C=C\C[C@H]1O. The van der Waals surface area contributed by atoms with Crippen LogP contribution in [0.25, 0.3) is 0 Å². The number of rotatable bonds is 10. The average molecular weight is 347 g/mol. The quantitative estimate of drug-likeness (QED) is 0.249. The van der Waals surface area contributed by atoms with Gasteiger partial charge in [-0.2, -0.15) is 0 Å². The maximum atomic E-state index is 11.6. The van der Waals surface area contributed by atoms with E-state index in [9.17, 15) is 9.90 Å². The standard InChI is InChI=1S/C22H34O3/c1-2-3-4-5-6-7-8-9-10-11-12-15-18-21-20(23)17-14-13-16-19-22(24)25-21/h9-15,18,20-21,23H,2-8,16-17,19H2,1H3/b10-9-,12-11-,14-13-,18-15+/t20-,21+/m1/s1. The molecule has 0 fully saturated rings. The number of allylic oxidation sites excluding steroid dienone is 6. The second-order valence-electron chi connectivity index (χ2n) is 6.52. The van der Waals surface area contributed by atoms with Gasteiger partial charge in [0, 0.05) is 6.42 Å². The Kier molecular flexibility index (Phi) is 12.6. The fourth-order valence-electron chi connectivity index (χ4n) is 2.66. The summed E-state index contributed by atoms with van der Waals surface area (Å²) >= 11 is 0. The number of aliphatic hydroxyl groups excluding tert-OH is 1. The molecular weight excluding hydrogens is 312 g/mol. The van der Waals surface area contributed by atoms with Crippen LogP contribution in [0, 0.1) is 0 Å². The first kappa shape index (κ1) is 21.4. The monoisotopic (exact) mass is 346 g/mol. The molecule has 0 spiro atoms. The first-order chi connectivity index (χ1) is 12.2. The highest BCUT2D eigenvalue weighted by atomic mass is 16.6. The first-order valence-corrected chi connectivity index (χ1v) is 9.76. The summed E-state index contributed by atoms with van der Waals surface area (Å²) in [6.07, 6.45) is 24.8. The van der Waals surface area contributed by atoms with Gasteiger partial charge in [0.05, 0.1) is 6.10 Å².